The molecule has 3 aromatic carbocycles. The maximum atomic E-state index is 14.1. The highest BCUT2D eigenvalue weighted by molar-refractivity contribution is 7.11. The summed E-state index contributed by atoms with van der Waals surface area (Å²) < 4.78 is 25.3. The first-order chi connectivity index (χ1) is 26.7. The summed E-state index contributed by atoms with van der Waals surface area (Å²) in [4.78, 5) is 56.3. The van der Waals surface area contributed by atoms with Crippen LogP contribution in [0.1, 0.15) is 33.9 Å². The molecule has 286 valence electrons. The van der Waals surface area contributed by atoms with Gasteiger partial charge in [-0.1, -0.05) is 17.7 Å². The second kappa shape index (κ2) is 16.6. The number of hydrogen-bond donors (Lipinski definition) is 2. The molecule has 55 heavy (non-hydrogen) atoms. The van der Waals surface area contributed by atoms with Gasteiger partial charge in [-0.05, 0) is 67.6 Å². The van der Waals surface area contributed by atoms with Crippen LogP contribution in [0.4, 0.5) is 14.9 Å². The number of carbonyl (C=O) groups excluding carboxylic acids is 3. The van der Waals surface area contributed by atoms with Crippen molar-refractivity contribution in [2.45, 2.75) is 19.0 Å². The quantitative estimate of drug-likeness (QED) is 0.183. The summed E-state index contributed by atoms with van der Waals surface area (Å²) >= 11 is 7.90. The number of amides is 3. The summed E-state index contributed by atoms with van der Waals surface area (Å²) in [6, 6.07) is 17.0. The van der Waals surface area contributed by atoms with Gasteiger partial charge < -0.3 is 29.7 Å². The number of rotatable bonds is 12. The number of methoxy groups -OCH3 is 1. The Labute approximate surface area is 326 Å². The summed E-state index contributed by atoms with van der Waals surface area (Å²) in [5, 5.41) is 15.1. The lowest BCUT2D eigenvalue weighted by Gasteiger charge is -2.38. The Hall–Kier alpha value is -5.35. The van der Waals surface area contributed by atoms with E-state index < -0.39 is 17.8 Å². The van der Waals surface area contributed by atoms with Crippen molar-refractivity contribution < 1.29 is 33.4 Å². The van der Waals surface area contributed by atoms with Gasteiger partial charge in [0.2, 0.25) is 0 Å². The number of likely N-dealkylation sites (N-methyl/N-ethyl adjacent to an activating group) is 1. The van der Waals surface area contributed by atoms with Gasteiger partial charge in [0.15, 0.2) is 10.8 Å². The average molecular weight is 788 g/mol. The summed E-state index contributed by atoms with van der Waals surface area (Å²) in [6.07, 6.45) is 1.66. The van der Waals surface area contributed by atoms with E-state index in [0.717, 1.165) is 5.69 Å². The van der Waals surface area contributed by atoms with Crippen LogP contribution in [0, 0.1) is 5.82 Å². The molecule has 2 saturated heterocycles. The number of benzene rings is 3. The third-order valence-corrected chi connectivity index (χ3v) is 10.9. The Kier molecular flexibility index (Phi) is 11.4. The third-order valence-electron chi connectivity index (χ3n) is 9.77. The molecule has 1 aromatic heterocycles. The minimum atomic E-state index is -0.870. The van der Waals surface area contributed by atoms with Gasteiger partial charge in [0.05, 0.1) is 25.3 Å². The van der Waals surface area contributed by atoms with Crippen LogP contribution in [0.3, 0.4) is 0 Å². The molecular weight excluding hydrogens is 749 g/mol. The number of esters is 1. The van der Waals surface area contributed by atoms with Crippen molar-refractivity contribution in [2.75, 3.05) is 64.4 Å². The zero-order valence-electron chi connectivity index (χ0n) is 30.2. The van der Waals surface area contributed by atoms with Crippen molar-refractivity contribution in [1.82, 2.24) is 25.0 Å². The number of halogens is 2. The van der Waals surface area contributed by atoms with E-state index in [4.69, 9.17) is 26.1 Å². The van der Waals surface area contributed by atoms with Crippen LogP contribution in [-0.4, -0.2) is 114 Å². The molecule has 0 spiro atoms. The lowest BCUT2D eigenvalue weighted by Crippen LogP contribution is -2.53. The zero-order chi connectivity index (χ0) is 38.6. The fourth-order valence-electron chi connectivity index (χ4n) is 7.03. The van der Waals surface area contributed by atoms with E-state index in [9.17, 15) is 23.9 Å². The molecule has 0 saturated carbocycles. The second-order valence-corrected chi connectivity index (χ2v) is 14.4. The van der Waals surface area contributed by atoms with E-state index in [1.807, 2.05) is 29.3 Å². The first-order valence-electron chi connectivity index (χ1n) is 17.8. The molecule has 3 aliphatic heterocycles. The van der Waals surface area contributed by atoms with Crippen LogP contribution in [0.25, 0.3) is 0 Å². The summed E-state index contributed by atoms with van der Waals surface area (Å²) in [5.74, 6) is 0.332. The first-order valence-corrected chi connectivity index (χ1v) is 19.0. The van der Waals surface area contributed by atoms with Gasteiger partial charge in [0.25, 0.3) is 5.91 Å². The molecule has 3 aliphatic rings. The zero-order valence-corrected chi connectivity index (χ0v) is 31.7. The Morgan fingerprint density at radius 2 is 1.82 bits per heavy atom. The summed E-state index contributed by atoms with van der Waals surface area (Å²) in [6.45, 7) is 4.89. The largest absolute Gasteiger partial charge is 0.466 e. The molecule has 4 heterocycles. The standard InChI is InChI=1S/C39H39ClFN7O6S/c1-3-46(17-18-49)37(50)24-4-9-28(10-5-24)54-29-11-7-26(8-12-29)48-22-27-21-45(15-16-47(27)39(48)52)23-32-33(38(51)53-2)34(30-13-6-25(41)20-31(30)40)44-35(43-32)36-42-14-19-55-36/h4-14,19-20,27,34,49H,3,15-18,21-23H2,1-2H3,(H,43,44)/t27-,34-/m0/s1. The number of nitrogens with one attached hydrogen (secondary N) is 1. The van der Waals surface area contributed by atoms with Gasteiger partial charge >= 0.3 is 12.0 Å². The Morgan fingerprint density at radius 3 is 2.47 bits per heavy atom. The molecule has 0 radical (unpaired) electrons. The Balaban J connectivity index is 1.04. The van der Waals surface area contributed by atoms with E-state index in [2.05, 4.69) is 15.2 Å². The summed E-state index contributed by atoms with van der Waals surface area (Å²) in [7, 11) is 1.30. The maximum absolute atomic E-state index is 14.1. The number of aromatic nitrogens is 1. The van der Waals surface area contributed by atoms with Crippen molar-refractivity contribution in [1.29, 1.82) is 0 Å². The normalized spacial score (nSPS) is 18.5. The predicted molar refractivity (Wildman–Crippen MR) is 206 cm³/mol. The van der Waals surface area contributed by atoms with E-state index in [-0.39, 0.29) is 41.7 Å². The van der Waals surface area contributed by atoms with E-state index in [1.54, 1.807) is 52.4 Å². The SMILES string of the molecule is CCN(CCO)C(=O)c1ccc(Oc2ccc(N3C[C@@H]4CN(CC5=C(C(=O)OC)[C@H](c6ccc(F)cc6Cl)N=C(c6nccs6)N5)CCN4C3=O)cc2)cc1. The van der Waals surface area contributed by atoms with Crippen LogP contribution in [0.5, 0.6) is 11.5 Å². The molecular formula is C39H39ClFN7O6S. The molecule has 0 unspecified atom stereocenters. The minimum Gasteiger partial charge on any atom is -0.466 e. The molecule has 0 bridgehead atoms. The van der Waals surface area contributed by atoms with E-state index in [0.29, 0.717) is 78.4 Å². The molecule has 3 amide bonds. The number of thiazole rings is 1. The molecule has 7 rings (SSSR count). The Bertz CT molecular complexity index is 2120. The highest BCUT2D eigenvalue weighted by Gasteiger charge is 2.42. The molecule has 16 heteroatoms. The Morgan fingerprint density at radius 1 is 1.07 bits per heavy atom. The van der Waals surface area contributed by atoms with Crippen molar-refractivity contribution in [3.63, 3.8) is 0 Å². The number of ether oxygens (including phenoxy) is 2. The van der Waals surface area contributed by atoms with Gasteiger partial charge in [-0.15, -0.1) is 11.3 Å². The number of aliphatic hydroxyl groups excluding tert-OH is 1. The van der Waals surface area contributed by atoms with Gasteiger partial charge in [-0.2, -0.15) is 0 Å². The maximum Gasteiger partial charge on any atom is 0.338 e. The third kappa shape index (κ3) is 8.05. The highest BCUT2D eigenvalue weighted by Crippen LogP contribution is 2.37. The smallest absolute Gasteiger partial charge is 0.338 e. The number of hydrogen-bond acceptors (Lipinski definition) is 11. The molecule has 2 atom stereocenters. The number of nitrogens with zero attached hydrogens (tertiary/aromatic N) is 6. The van der Waals surface area contributed by atoms with Gasteiger partial charge in [-0.25, -0.2) is 19.0 Å². The van der Waals surface area contributed by atoms with E-state index in [1.165, 1.54) is 36.6 Å². The van der Waals surface area contributed by atoms with Crippen LogP contribution in [0.2, 0.25) is 5.02 Å². The van der Waals surface area contributed by atoms with Crippen molar-refractivity contribution in [3.8, 4) is 11.5 Å². The van der Waals surface area contributed by atoms with Crippen LogP contribution in [-0.2, 0) is 9.53 Å². The number of fused-ring (bicyclic) bond motifs is 1. The number of aliphatic imine (C=N–C) groups is 1. The van der Waals surface area contributed by atoms with Gasteiger partial charge in [0.1, 0.15) is 23.4 Å². The van der Waals surface area contributed by atoms with Crippen LogP contribution < -0.4 is 15.0 Å². The molecule has 2 N–H and O–H groups in total. The number of piperazine rings is 1. The molecule has 2 fully saturated rings. The van der Waals surface area contributed by atoms with E-state index >= 15 is 0 Å². The summed E-state index contributed by atoms with van der Waals surface area (Å²) in [5.41, 5.74) is 2.52. The average Bonchev–Trinajstić information content (AvgIpc) is 3.85. The minimum absolute atomic E-state index is 0.0876. The fourth-order valence-corrected chi connectivity index (χ4v) is 7.88. The monoisotopic (exact) mass is 787 g/mol. The number of urea groups is 1. The van der Waals surface area contributed by atoms with Crippen molar-refractivity contribution >= 4 is 52.4 Å². The second-order valence-electron chi connectivity index (χ2n) is 13.1. The number of carbonyl (C=O) groups is 3. The lowest BCUT2D eigenvalue weighted by molar-refractivity contribution is -0.136. The number of aliphatic hydroxyl groups is 1. The number of amidine groups is 1. The first kappa shape index (κ1) is 37.9. The highest BCUT2D eigenvalue weighted by atomic mass is 35.5. The fraction of sp³-hybridized carbons (Fsp3) is 0.308. The molecule has 13 nitrogen and oxygen atoms in total. The topological polar surface area (TPSA) is 140 Å². The van der Waals surface area contributed by atoms with Crippen LogP contribution >= 0.6 is 22.9 Å². The van der Waals surface area contributed by atoms with Crippen molar-refractivity contribution in [3.05, 3.63) is 117 Å². The van der Waals surface area contributed by atoms with Gasteiger partial charge in [0, 0.05) is 84.9 Å². The molecule has 0 aliphatic carbocycles. The lowest BCUT2D eigenvalue weighted by atomic mass is 9.95. The van der Waals surface area contributed by atoms with Crippen LogP contribution in [0.15, 0.2) is 94.6 Å². The molecule has 4 aromatic rings. The van der Waals surface area contributed by atoms with Gasteiger partial charge in [-0.3, -0.25) is 19.6 Å². The predicted octanol–water partition coefficient (Wildman–Crippen LogP) is 5.33. The number of anilines is 1. The van der Waals surface area contributed by atoms with Crippen molar-refractivity contribution in [2.24, 2.45) is 4.99 Å².